The van der Waals surface area contributed by atoms with E-state index < -0.39 is 20.2 Å². The summed E-state index contributed by atoms with van der Waals surface area (Å²) in [5.41, 5.74) is 16.2. The molecule has 118 valence electrons. The topological polar surface area (TPSA) is 106 Å². The van der Waals surface area contributed by atoms with Crippen LogP contribution in [0.25, 0.3) is 0 Å². The van der Waals surface area contributed by atoms with Crippen LogP contribution in [0.3, 0.4) is 0 Å². The highest BCUT2D eigenvalue weighted by molar-refractivity contribution is 6.60. The smallest absolute Gasteiger partial charge is 0.374 e. The predicted octanol–water partition coefficient (Wildman–Crippen LogP) is 1.07. The van der Waals surface area contributed by atoms with Gasteiger partial charge >= 0.3 is 8.80 Å². The lowest BCUT2D eigenvalue weighted by Crippen LogP contribution is -2.75. The fraction of sp³-hybridized carbons (Fsp3) is 0.692. The summed E-state index contributed by atoms with van der Waals surface area (Å²) in [6.45, 7) is 14.1. The van der Waals surface area contributed by atoms with Gasteiger partial charge in [0.05, 0.1) is 0 Å². The molecule has 0 rings (SSSR count). The largest absolute Gasteiger partial charge is 0.502 e. The minimum Gasteiger partial charge on any atom is -0.374 e. The first-order valence-electron chi connectivity index (χ1n) is 6.88. The normalized spacial score (nSPS) is 13.3. The van der Waals surface area contributed by atoms with Crippen LogP contribution in [0.2, 0.25) is 6.04 Å². The van der Waals surface area contributed by atoms with Crippen molar-refractivity contribution >= 4 is 8.80 Å². The predicted molar refractivity (Wildman–Crippen MR) is 83.6 cm³/mol. The number of nitrogens with two attached hydrogens (primary N) is 3. The molecule has 0 aliphatic heterocycles. The van der Waals surface area contributed by atoms with Gasteiger partial charge in [0.1, 0.15) is 5.60 Å². The summed E-state index contributed by atoms with van der Waals surface area (Å²) < 4.78 is 17.7. The van der Waals surface area contributed by atoms with E-state index in [-0.39, 0.29) is 0 Å². The van der Waals surface area contributed by atoms with Crippen molar-refractivity contribution in [3.63, 3.8) is 0 Å². The van der Waals surface area contributed by atoms with E-state index in [4.69, 9.17) is 30.5 Å². The van der Waals surface area contributed by atoms with E-state index in [1.165, 1.54) is 12.2 Å². The number of hydrogen-bond donors (Lipinski definition) is 3. The molecule has 0 spiro atoms. The summed E-state index contributed by atoms with van der Waals surface area (Å²) in [4.78, 5) is 0. The van der Waals surface area contributed by atoms with Crippen molar-refractivity contribution < 1.29 is 13.3 Å². The average molecular weight is 303 g/mol. The first-order valence-corrected chi connectivity index (χ1v) is 8.81. The molecule has 0 unspecified atom stereocenters. The van der Waals surface area contributed by atoms with E-state index in [9.17, 15) is 0 Å². The minimum absolute atomic E-state index is 0.462. The third-order valence-corrected chi connectivity index (χ3v) is 6.11. The van der Waals surface area contributed by atoms with Gasteiger partial charge in [0.2, 0.25) is 0 Å². The van der Waals surface area contributed by atoms with Crippen LogP contribution in [0.4, 0.5) is 0 Å². The SMILES string of the molecule is C=CC(C=C)(O[Si](CCC)(OCC)OCC)C(N)(N)N. The Morgan fingerprint density at radius 1 is 1.00 bits per heavy atom. The fourth-order valence-electron chi connectivity index (χ4n) is 1.91. The van der Waals surface area contributed by atoms with Crippen molar-refractivity contribution in [1.29, 1.82) is 0 Å². The van der Waals surface area contributed by atoms with E-state index in [0.29, 0.717) is 19.3 Å². The summed E-state index contributed by atoms with van der Waals surface area (Å²) in [7, 11) is -2.97. The third-order valence-electron chi connectivity index (χ3n) is 2.89. The molecule has 0 saturated heterocycles. The molecule has 0 fully saturated rings. The first kappa shape index (κ1) is 19.5. The van der Waals surface area contributed by atoms with Crippen molar-refractivity contribution in [3.8, 4) is 0 Å². The molecule has 20 heavy (non-hydrogen) atoms. The van der Waals surface area contributed by atoms with Crippen LogP contribution < -0.4 is 17.2 Å². The van der Waals surface area contributed by atoms with Crippen LogP contribution in [-0.4, -0.2) is 33.4 Å². The molecule has 0 amide bonds. The van der Waals surface area contributed by atoms with Gasteiger partial charge in [0.15, 0.2) is 5.79 Å². The third kappa shape index (κ3) is 4.49. The second-order valence-electron chi connectivity index (χ2n) is 4.54. The lowest BCUT2D eigenvalue weighted by atomic mass is 9.97. The molecular weight excluding hydrogens is 274 g/mol. The van der Waals surface area contributed by atoms with Gasteiger partial charge in [-0.1, -0.05) is 38.7 Å². The fourth-order valence-corrected chi connectivity index (χ4v) is 4.85. The highest BCUT2D eigenvalue weighted by Gasteiger charge is 2.51. The number of hydrogen-bond acceptors (Lipinski definition) is 6. The zero-order chi connectivity index (χ0) is 15.9. The standard InChI is InChI=1S/C13H29N3O3Si/c1-6-11-20(17-9-4,18-10-5)19-12(7-2,8-3)13(14,15)16/h7-8H,2-3,6,9-11,14-16H2,1,4-5H3. The molecule has 6 nitrogen and oxygen atoms in total. The van der Waals surface area contributed by atoms with Crippen molar-refractivity contribution in [3.05, 3.63) is 25.3 Å². The Balaban J connectivity index is 5.57. The molecule has 0 bridgehead atoms. The number of rotatable bonds is 11. The van der Waals surface area contributed by atoms with E-state index in [0.717, 1.165) is 6.42 Å². The Morgan fingerprint density at radius 2 is 1.45 bits per heavy atom. The van der Waals surface area contributed by atoms with Crippen molar-refractivity contribution in [2.24, 2.45) is 17.2 Å². The highest BCUT2D eigenvalue weighted by Crippen LogP contribution is 2.29. The van der Waals surface area contributed by atoms with Gasteiger partial charge in [-0.25, -0.2) is 0 Å². The summed E-state index contributed by atoms with van der Waals surface area (Å²) in [6, 6.07) is 0.633. The molecule has 0 aliphatic carbocycles. The maximum Gasteiger partial charge on any atom is 0.502 e. The Hall–Kier alpha value is -0.543. The average Bonchev–Trinajstić information content (AvgIpc) is 2.35. The van der Waals surface area contributed by atoms with Crippen molar-refractivity contribution in [2.75, 3.05) is 13.2 Å². The summed E-state index contributed by atoms with van der Waals surface area (Å²) in [5.74, 6) is -1.67. The molecule has 0 aliphatic rings. The monoisotopic (exact) mass is 303 g/mol. The van der Waals surface area contributed by atoms with Gasteiger partial charge < -0.3 is 13.3 Å². The molecule has 0 heterocycles. The summed E-state index contributed by atoms with van der Waals surface area (Å²) >= 11 is 0. The Morgan fingerprint density at radius 3 is 1.70 bits per heavy atom. The van der Waals surface area contributed by atoms with Crippen LogP contribution in [-0.2, 0) is 13.3 Å². The second kappa shape index (κ2) is 8.04. The first-order chi connectivity index (χ1) is 9.26. The summed E-state index contributed by atoms with van der Waals surface area (Å²) in [6.07, 6.45) is 3.72. The van der Waals surface area contributed by atoms with Crippen LogP contribution >= 0.6 is 0 Å². The minimum atomic E-state index is -2.97. The van der Waals surface area contributed by atoms with E-state index in [1.807, 2.05) is 20.8 Å². The van der Waals surface area contributed by atoms with E-state index >= 15 is 0 Å². The van der Waals surface area contributed by atoms with Crippen LogP contribution in [0.5, 0.6) is 0 Å². The zero-order valence-corrected chi connectivity index (χ0v) is 13.9. The Kier molecular flexibility index (Phi) is 7.82. The van der Waals surface area contributed by atoms with Gasteiger partial charge in [0, 0.05) is 19.3 Å². The molecule has 0 aromatic carbocycles. The summed E-state index contributed by atoms with van der Waals surface area (Å²) in [5, 5.41) is 0. The van der Waals surface area contributed by atoms with Gasteiger partial charge in [-0.2, -0.15) is 0 Å². The van der Waals surface area contributed by atoms with Gasteiger partial charge in [-0.05, 0) is 13.8 Å². The van der Waals surface area contributed by atoms with Crippen molar-refractivity contribution in [1.82, 2.24) is 0 Å². The maximum atomic E-state index is 6.09. The second-order valence-corrected chi connectivity index (χ2v) is 7.18. The van der Waals surface area contributed by atoms with Gasteiger partial charge in [-0.15, -0.1) is 0 Å². The lowest BCUT2D eigenvalue weighted by Gasteiger charge is -2.44. The van der Waals surface area contributed by atoms with E-state index in [1.54, 1.807) is 0 Å². The highest BCUT2D eigenvalue weighted by atomic mass is 28.4. The molecule has 6 N–H and O–H groups in total. The molecule has 0 aromatic heterocycles. The molecule has 0 aromatic rings. The molecule has 0 radical (unpaired) electrons. The Bertz CT molecular complexity index is 293. The van der Waals surface area contributed by atoms with Gasteiger partial charge in [-0.3, -0.25) is 17.2 Å². The Labute approximate surface area is 123 Å². The van der Waals surface area contributed by atoms with E-state index in [2.05, 4.69) is 13.2 Å². The van der Waals surface area contributed by atoms with Crippen LogP contribution in [0.15, 0.2) is 25.3 Å². The molecule has 7 heteroatoms. The quantitative estimate of drug-likeness (QED) is 0.299. The van der Waals surface area contributed by atoms with Gasteiger partial charge in [0.25, 0.3) is 0 Å². The molecular formula is C13H29N3O3Si. The lowest BCUT2D eigenvalue weighted by molar-refractivity contribution is -0.0164. The maximum absolute atomic E-state index is 6.09. The molecule has 0 saturated carbocycles. The van der Waals surface area contributed by atoms with Crippen molar-refractivity contribution in [2.45, 2.75) is 44.6 Å². The van der Waals surface area contributed by atoms with Crippen LogP contribution in [0, 0.1) is 0 Å². The zero-order valence-electron chi connectivity index (χ0n) is 12.9. The molecule has 0 atom stereocenters. The van der Waals surface area contributed by atoms with Crippen LogP contribution in [0.1, 0.15) is 27.2 Å².